The highest BCUT2D eigenvalue weighted by Crippen LogP contribution is 2.20. The highest BCUT2D eigenvalue weighted by molar-refractivity contribution is 5.61. The van der Waals surface area contributed by atoms with Crippen LogP contribution in [-0.2, 0) is 0 Å². The quantitative estimate of drug-likeness (QED) is 0.738. The first-order chi connectivity index (χ1) is 7.66. The Labute approximate surface area is 92.6 Å². The topological polar surface area (TPSA) is 75.0 Å². The van der Waals surface area contributed by atoms with Crippen LogP contribution in [0.1, 0.15) is 0 Å². The zero-order valence-electron chi connectivity index (χ0n) is 8.84. The van der Waals surface area contributed by atoms with Crippen molar-refractivity contribution in [2.45, 2.75) is 0 Å². The third kappa shape index (κ3) is 2.03. The molecular formula is C11H12N4O. The number of anilines is 3. The zero-order chi connectivity index (χ0) is 11.5. The summed E-state index contributed by atoms with van der Waals surface area (Å²) >= 11 is 0. The van der Waals surface area contributed by atoms with Crippen LogP contribution >= 0.6 is 0 Å². The van der Waals surface area contributed by atoms with Gasteiger partial charge in [0.2, 0.25) is 5.95 Å². The lowest BCUT2D eigenvalue weighted by Gasteiger charge is -2.17. The summed E-state index contributed by atoms with van der Waals surface area (Å²) in [5.41, 5.74) is 7.04. The molecule has 0 amide bonds. The molecule has 0 unspecified atom stereocenters. The number of H-pyrrole nitrogens is 1. The van der Waals surface area contributed by atoms with E-state index in [1.54, 1.807) is 11.0 Å². The minimum absolute atomic E-state index is 0.180. The molecule has 0 fully saturated rings. The van der Waals surface area contributed by atoms with Crippen LogP contribution in [0.25, 0.3) is 0 Å². The summed E-state index contributed by atoms with van der Waals surface area (Å²) in [5.74, 6) is 0.484. The third-order valence-corrected chi connectivity index (χ3v) is 2.23. The van der Waals surface area contributed by atoms with Crippen LogP contribution in [-0.4, -0.2) is 17.0 Å². The number of aromatic amines is 1. The largest absolute Gasteiger partial charge is 0.399 e. The van der Waals surface area contributed by atoms with Gasteiger partial charge >= 0.3 is 0 Å². The third-order valence-electron chi connectivity index (χ3n) is 2.23. The lowest BCUT2D eigenvalue weighted by molar-refractivity contribution is 1.02. The van der Waals surface area contributed by atoms with E-state index in [0.29, 0.717) is 11.6 Å². The van der Waals surface area contributed by atoms with Crippen LogP contribution in [0.4, 0.5) is 17.3 Å². The van der Waals surface area contributed by atoms with Crippen molar-refractivity contribution in [2.75, 3.05) is 17.7 Å². The van der Waals surface area contributed by atoms with Gasteiger partial charge in [0.05, 0.1) is 0 Å². The van der Waals surface area contributed by atoms with Crippen molar-refractivity contribution in [1.29, 1.82) is 0 Å². The Kier molecular flexibility index (Phi) is 2.59. The summed E-state index contributed by atoms with van der Waals surface area (Å²) in [6.45, 7) is 0. The number of hydrogen-bond acceptors (Lipinski definition) is 4. The van der Waals surface area contributed by atoms with E-state index in [2.05, 4.69) is 9.97 Å². The van der Waals surface area contributed by atoms with E-state index in [1.807, 2.05) is 25.2 Å². The molecule has 1 aromatic carbocycles. The smallest absolute Gasteiger partial charge is 0.252 e. The normalized spacial score (nSPS) is 10.1. The first-order valence-corrected chi connectivity index (χ1v) is 4.81. The Hall–Kier alpha value is -2.30. The first kappa shape index (κ1) is 10.2. The molecule has 1 aromatic heterocycles. The van der Waals surface area contributed by atoms with Crippen molar-refractivity contribution in [3.05, 3.63) is 46.9 Å². The van der Waals surface area contributed by atoms with E-state index in [-0.39, 0.29) is 5.56 Å². The van der Waals surface area contributed by atoms with Crippen LogP contribution in [0.5, 0.6) is 0 Å². The number of nitrogens with two attached hydrogens (primary N) is 1. The van der Waals surface area contributed by atoms with Crippen LogP contribution in [0.2, 0.25) is 0 Å². The minimum atomic E-state index is -0.180. The monoisotopic (exact) mass is 216 g/mol. The lowest BCUT2D eigenvalue weighted by atomic mass is 10.2. The summed E-state index contributed by atoms with van der Waals surface area (Å²) in [7, 11) is 1.81. The second-order valence-electron chi connectivity index (χ2n) is 3.41. The Bertz CT molecular complexity index is 549. The molecule has 0 aliphatic carbocycles. The molecule has 2 aromatic rings. The predicted molar refractivity (Wildman–Crippen MR) is 63.8 cm³/mol. The molecule has 0 saturated heterocycles. The molecule has 3 N–H and O–H groups in total. The predicted octanol–water partition coefficient (Wildman–Crippen LogP) is 1.12. The molecule has 0 spiro atoms. The van der Waals surface area contributed by atoms with Gasteiger partial charge in [-0.1, -0.05) is 6.07 Å². The van der Waals surface area contributed by atoms with E-state index in [0.717, 1.165) is 5.69 Å². The summed E-state index contributed by atoms with van der Waals surface area (Å²) in [6, 6.07) is 8.73. The van der Waals surface area contributed by atoms with Gasteiger partial charge in [-0.15, -0.1) is 0 Å². The second-order valence-corrected chi connectivity index (χ2v) is 3.41. The van der Waals surface area contributed by atoms with E-state index in [4.69, 9.17) is 5.73 Å². The molecule has 0 saturated carbocycles. The average Bonchev–Trinajstić information content (AvgIpc) is 2.28. The van der Waals surface area contributed by atoms with Crippen LogP contribution in [0.3, 0.4) is 0 Å². The highest BCUT2D eigenvalue weighted by atomic mass is 16.1. The molecule has 0 bridgehead atoms. The lowest BCUT2D eigenvalue weighted by Crippen LogP contribution is -2.17. The van der Waals surface area contributed by atoms with Gasteiger partial charge in [-0.25, -0.2) is 4.98 Å². The Morgan fingerprint density at radius 3 is 2.88 bits per heavy atom. The standard InChI is InChI=1S/C11H12N4O/c1-15(9-4-2-3-8(12)7-9)11-13-6-5-10(16)14-11/h2-7H,12H2,1H3,(H,13,14,16). The Morgan fingerprint density at radius 1 is 1.38 bits per heavy atom. The van der Waals surface area contributed by atoms with Crippen molar-refractivity contribution in [3.63, 3.8) is 0 Å². The minimum Gasteiger partial charge on any atom is -0.399 e. The summed E-state index contributed by atoms with van der Waals surface area (Å²) in [6.07, 6.45) is 1.47. The van der Waals surface area contributed by atoms with E-state index >= 15 is 0 Å². The Morgan fingerprint density at radius 2 is 2.19 bits per heavy atom. The second kappa shape index (κ2) is 4.06. The molecule has 0 atom stereocenters. The molecule has 0 aliphatic rings. The number of aromatic nitrogens is 2. The van der Waals surface area contributed by atoms with Crippen LogP contribution in [0.15, 0.2) is 41.3 Å². The van der Waals surface area contributed by atoms with Crippen molar-refractivity contribution in [3.8, 4) is 0 Å². The molecule has 0 aliphatic heterocycles. The van der Waals surface area contributed by atoms with Gasteiger partial charge in [-0.2, -0.15) is 0 Å². The van der Waals surface area contributed by atoms with Crippen LogP contribution < -0.4 is 16.2 Å². The van der Waals surface area contributed by atoms with Gasteiger partial charge < -0.3 is 10.6 Å². The molecule has 16 heavy (non-hydrogen) atoms. The van der Waals surface area contributed by atoms with Crippen molar-refractivity contribution in [2.24, 2.45) is 0 Å². The van der Waals surface area contributed by atoms with Gasteiger partial charge in [-0.05, 0) is 18.2 Å². The van der Waals surface area contributed by atoms with Gasteiger partial charge in [0.15, 0.2) is 0 Å². The molecule has 0 radical (unpaired) electrons. The number of nitrogen functional groups attached to an aromatic ring is 1. The van der Waals surface area contributed by atoms with E-state index in [1.165, 1.54) is 12.3 Å². The number of benzene rings is 1. The summed E-state index contributed by atoms with van der Waals surface area (Å²) < 4.78 is 0. The maximum atomic E-state index is 11.1. The number of hydrogen-bond donors (Lipinski definition) is 2. The molecule has 2 rings (SSSR count). The molecule has 5 heteroatoms. The van der Waals surface area contributed by atoms with Gasteiger partial charge in [0.25, 0.3) is 5.56 Å². The molecule has 5 nitrogen and oxygen atoms in total. The zero-order valence-corrected chi connectivity index (χ0v) is 8.84. The van der Waals surface area contributed by atoms with Crippen molar-refractivity contribution >= 4 is 17.3 Å². The fourth-order valence-electron chi connectivity index (χ4n) is 1.39. The van der Waals surface area contributed by atoms with Gasteiger partial charge in [-0.3, -0.25) is 9.78 Å². The fourth-order valence-corrected chi connectivity index (χ4v) is 1.39. The summed E-state index contributed by atoms with van der Waals surface area (Å²) in [5, 5.41) is 0. The van der Waals surface area contributed by atoms with Crippen molar-refractivity contribution < 1.29 is 0 Å². The highest BCUT2D eigenvalue weighted by Gasteiger charge is 2.05. The number of rotatable bonds is 2. The van der Waals surface area contributed by atoms with Crippen molar-refractivity contribution in [1.82, 2.24) is 9.97 Å². The van der Waals surface area contributed by atoms with E-state index in [9.17, 15) is 4.79 Å². The average molecular weight is 216 g/mol. The van der Waals surface area contributed by atoms with Gasteiger partial charge in [0, 0.05) is 30.7 Å². The fraction of sp³-hybridized carbons (Fsp3) is 0.0909. The summed E-state index contributed by atoms with van der Waals surface area (Å²) in [4.78, 5) is 19.6. The SMILES string of the molecule is CN(c1cccc(N)c1)c1nccc(=O)[nH]1. The molecule has 82 valence electrons. The van der Waals surface area contributed by atoms with Gasteiger partial charge in [0.1, 0.15) is 0 Å². The number of nitrogens with one attached hydrogen (secondary N) is 1. The van der Waals surface area contributed by atoms with E-state index < -0.39 is 0 Å². The number of nitrogens with zero attached hydrogens (tertiary/aromatic N) is 2. The molecular weight excluding hydrogens is 204 g/mol. The molecule has 1 heterocycles. The Balaban J connectivity index is 2.39. The maximum Gasteiger partial charge on any atom is 0.252 e. The van der Waals surface area contributed by atoms with Crippen LogP contribution in [0, 0.1) is 0 Å². The first-order valence-electron chi connectivity index (χ1n) is 4.81. The maximum absolute atomic E-state index is 11.1.